The van der Waals surface area contributed by atoms with Gasteiger partial charge in [-0.05, 0) is 61.2 Å². The Morgan fingerprint density at radius 3 is 2.79 bits per heavy atom. The zero-order chi connectivity index (χ0) is 22.8. The molecule has 2 heterocycles. The third-order valence-corrected chi connectivity index (χ3v) is 6.79. The van der Waals surface area contributed by atoms with Crippen LogP contribution in [0.4, 0.5) is 5.13 Å². The number of thiazole rings is 1. The molecule has 2 N–H and O–H groups in total. The van der Waals surface area contributed by atoms with Gasteiger partial charge in [0.05, 0.1) is 18.7 Å². The lowest BCUT2D eigenvalue weighted by Gasteiger charge is -2.20. The first-order chi connectivity index (χ1) is 16.1. The molecular formula is C24H23N3O5S. The van der Waals surface area contributed by atoms with E-state index in [1.165, 1.54) is 11.3 Å². The summed E-state index contributed by atoms with van der Waals surface area (Å²) in [6, 6.07) is 12.5. The van der Waals surface area contributed by atoms with Crippen molar-refractivity contribution in [3.63, 3.8) is 0 Å². The number of anilines is 1. The van der Waals surface area contributed by atoms with Gasteiger partial charge in [0, 0.05) is 17.0 Å². The maximum Gasteiger partial charge on any atom is 0.257 e. The maximum atomic E-state index is 13.0. The zero-order valence-corrected chi connectivity index (χ0v) is 18.9. The second kappa shape index (κ2) is 9.11. The van der Waals surface area contributed by atoms with E-state index in [0.717, 1.165) is 35.4 Å². The first kappa shape index (κ1) is 21.3. The number of carbonyl (C=O) groups excluding carboxylic acids is 2. The van der Waals surface area contributed by atoms with Gasteiger partial charge in [-0.25, -0.2) is 4.98 Å². The van der Waals surface area contributed by atoms with Gasteiger partial charge in [0.15, 0.2) is 16.6 Å². The molecule has 1 aliphatic heterocycles. The summed E-state index contributed by atoms with van der Waals surface area (Å²) in [5.41, 5.74) is 2.22. The van der Waals surface area contributed by atoms with Crippen LogP contribution in [0.5, 0.6) is 17.2 Å². The van der Waals surface area contributed by atoms with Crippen molar-refractivity contribution in [3.8, 4) is 17.2 Å². The highest BCUT2D eigenvalue weighted by molar-refractivity contribution is 7.16. The van der Waals surface area contributed by atoms with Gasteiger partial charge in [0.25, 0.3) is 5.91 Å². The number of amides is 2. The van der Waals surface area contributed by atoms with E-state index in [1.54, 1.807) is 31.4 Å². The van der Waals surface area contributed by atoms with E-state index in [4.69, 9.17) is 14.2 Å². The summed E-state index contributed by atoms with van der Waals surface area (Å²) >= 11 is 1.44. The molecule has 0 spiro atoms. The average molecular weight is 466 g/mol. The van der Waals surface area contributed by atoms with Crippen LogP contribution in [-0.4, -0.2) is 30.7 Å². The number of nitrogens with zero attached hydrogens (tertiary/aromatic N) is 1. The fraction of sp³-hybridized carbons (Fsp3) is 0.292. The Morgan fingerprint density at radius 2 is 1.97 bits per heavy atom. The monoisotopic (exact) mass is 465 g/mol. The van der Waals surface area contributed by atoms with Crippen molar-refractivity contribution < 1.29 is 23.8 Å². The van der Waals surface area contributed by atoms with Crippen LogP contribution in [0.15, 0.2) is 42.5 Å². The number of carbonyl (C=O) groups is 2. The lowest BCUT2D eigenvalue weighted by Crippen LogP contribution is -2.31. The van der Waals surface area contributed by atoms with Crippen LogP contribution in [0.1, 0.15) is 45.3 Å². The molecular weight excluding hydrogens is 442 g/mol. The number of benzene rings is 2. The van der Waals surface area contributed by atoms with Crippen LogP contribution in [0, 0.1) is 0 Å². The molecule has 1 atom stereocenters. The number of nitrogens with one attached hydrogen (secondary N) is 2. The molecule has 2 aromatic carbocycles. The third-order valence-electron chi connectivity index (χ3n) is 5.75. The van der Waals surface area contributed by atoms with E-state index in [0.29, 0.717) is 34.5 Å². The largest absolute Gasteiger partial charge is 0.497 e. The van der Waals surface area contributed by atoms with E-state index < -0.39 is 0 Å². The normalized spacial score (nSPS) is 16.1. The van der Waals surface area contributed by atoms with Crippen LogP contribution >= 0.6 is 11.3 Å². The summed E-state index contributed by atoms with van der Waals surface area (Å²) in [4.78, 5) is 31.2. The second-order valence-corrected chi connectivity index (χ2v) is 8.94. The Hall–Kier alpha value is -3.59. The molecule has 1 aromatic heterocycles. The molecule has 0 fully saturated rings. The van der Waals surface area contributed by atoms with Gasteiger partial charge >= 0.3 is 0 Å². The van der Waals surface area contributed by atoms with Crippen LogP contribution < -0.4 is 24.8 Å². The smallest absolute Gasteiger partial charge is 0.257 e. The van der Waals surface area contributed by atoms with Gasteiger partial charge in [-0.1, -0.05) is 6.07 Å². The highest BCUT2D eigenvalue weighted by Gasteiger charge is 2.30. The third kappa shape index (κ3) is 4.49. The fourth-order valence-electron chi connectivity index (χ4n) is 4.00. The average Bonchev–Trinajstić information content (AvgIpc) is 3.48. The van der Waals surface area contributed by atoms with Gasteiger partial charge in [-0.15, -0.1) is 11.3 Å². The molecule has 2 aliphatic rings. The molecule has 33 heavy (non-hydrogen) atoms. The molecule has 1 aliphatic carbocycles. The Kier molecular flexibility index (Phi) is 5.87. The van der Waals surface area contributed by atoms with Crippen LogP contribution in [-0.2, 0) is 17.8 Å². The molecule has 0 bridgehead atoms. The van der Waals surface area contributed by atoms with Crippen LogP contribution in [0.25, 0.3) is 0 Å². The predicted molar refractivity (Wildman–Crippen MR) is 123 cm³/mol. The first-order valence-electron chi connectivity index (χ1n) is 10.7. The van der Waals surface area contributed by atoms with Crippen molar-refractivity contribution in [1.82, 2.24) is 10.3 Å². The Morgan fingerprint density at radius 1 is 1.15 bits per heavy atom. The topological polar surface area (TPSA) is 98.8 Å². The molecule has 0 unspecified atom stereocenters. The highest BCUT2D eigenvalue weighted by Crippen LogP contribution is 2.37. The lowest BCUT2D eigenvalue weighted by molar-refractivity contribution is -0.123. The number of hydrogen-bond acceptors (Lipinski definition) is 7. The number of aryl methyl sites for hydroxylation is 1. The molecule has 9 heteroatoms. The van der Waals surface area contributed by atoms with E-state index in [1.807, 2.05) is 18.2 Å². The van der Waals surface area contributed by atoms with Crippen LogP contribution in [0.2, 0.25) is 0 Å². The van der Waals surface area contributed by atoms with Crippen molar-refractivity contribution in [1.29, 1.82) is 0 Å². The molecule has 0 saturated heterocycles. The van der Waals surface area contributed by atoms with Crippen molar-refractivity contribution in [3.05, 3.63) is 64.2 Å². The minimum Gasteiger partial charge on any atom is -0.497 e. The number of fused-ring (bicyclic) bond motifs is 2. The van der Waals surface area contributed by atoms with Gasteiger partial charge in [-0.3, -0.25) is 14.9 Å². The highest BCUT2D eigenvalue weighted by atomic mass is 32.1. The fourth-order valence-corrected chi connectivity index (χ4v) is 5.06. The molecule has 2 amide bonds. The molecule has 5 rings (SSSR count). The Balaban J connectivity index is 1.25. The maximum absolute atomic E-state index is 13.0. The van der Waals surface area contributed by atoms with Crippen molar-refractivity contribution >= 4 is 28.3 Å². The molecule has 8 nitrogen and oxygen atoms in total. The van der Waals surface area contributed by atoms with Gasteiger partial charge in [0.1, 0.15) is 5.75 Å². The van der Waals surface area contributed by atoms with Gasteiger partial charge in [-0.2, -0.15) is 0 Å². The molecule has 0 saturated carbocycles. The van der Waals surface area contributed by atoms with Crippen molar-refractivity contribution in [2.24, 2.45) is 0 Å². The summed E-state index contributed by atoms with van der Waals surface area (Å²) in [6.07, 6.45) is 2.50. The first-order valence-corrected chi connectivity index (χ1v) is 11.5. The van der Waals surface area contributed by atoms with Crippen LogP contribution in [0.3, 0.4) is 0 Å². The van der Waals surface area contributed by atoms with Gasteiger partial charge < -0.3 is 19.5 Å². The number of hydrogen-bond donors (Lipinski definition) is 2. The second-order valence-electron chi connectivity index (χ2n) is 7.86. The standard InChI is InChI=1S/C24H23N3O5S/c1-30-16-8-6-15(7-9-16)22(28)27-24-26-21-17(3-2-4-20(21)33-24)23(29)25-12-14-5-10-18-19(11-14)32-13-31-18/h5-11,17H,2-4,12-13H2,1H3,(H,25,29)(H,26,27,28)/t17-/m1/s1. The Bertz CT molecular complexity index is 1190. The minimum atomic E-state index is -0.328. The van der Waals surface area contributed by atoms with E-state index in [-0.39, 0.29) is 24.5 Å². The molecule has 3 aromatic rings. The minimum absolute atomic E-state index is 0.0630. The van der Waals surface area contributed by atoms with Crippen molar-refractivity contribution in [2.45, 2.75) is 31.7 Å². The summed E-state index contributed by atoms with van der Waals surface area (Å²) in [5.74, 6) is 1.46. The molecule has 0 radical (unpaired) electrons. The summed E-state index contributed by atoms with van der Waals surface area (Å²) in [7, 11) is 1.58. The Labute approximate surface area is 194 Å². The number of ether oxygens (including phenoxy) is 3. The molecule has 170 valence electrons. The number of methoxy groups -OCH3 is 1. The van der Waals surface area contributed by atoms with E-state index >= 15 is 0 Å². The van der Waals surface area contributed by atoms with E-state index in [2.05, 4.69) is 15.6 Å². The lowest BCUT2D eigenvalue weighted by atomic mass is 9.90. The van der Waals surface area contributed by atoms with Gasteiger partial charge in [0.2, 0.25) is 12.7 Å². The summed E-state index contributed by atoms with van der Waals surface area (Å²) in [6.45, 7) is 0.615. The van der Waals surface area contributed by atoms with Crippen molar-refractivity contribution in [2.75, 3.05) is 19.2 Å². The van der Waals surface area contributed by atoms with E-state index in [9.17, 15) is 9.59 Å². The zero-order valence-electron chi connectivity index (χ0n) is 18.1. The number of rotatable bonds is 6. The SMILES string of the molecule is COc1ccc(C(=O)Nc2nc3c(s2)CCC[C@H]3C(=O)NCc2ccc3c(c2)OCO3)cc1. The quantitative estimate of drug-likeness (QED) is 0.574. The predicted octanol–water partition coefficient (Wildman–Crippen LogP) is 3.87. The number of aromatic nitrogens is 1. The summed E-state index contributed by atoms with van der Waals surface area (Å²) < 4.78 is 15.9. The summed E-state index contributed by atoms with van der Waals surface area (Å²) in [5, 5.41) is 6.39.